The highest BCUT2D eigenvalue weighted by Gasteiger charge is 2.29. The van der Waals surface area contributed by atoms with E-state index in [-0.39, 0.29) is 5.75 Å². The van der Waals surface area contributed by atoms with Gasteiger partial charge in [-0.25, -0.2) is 9.55 Å². The van der Waals surface area contributed by atoms with E-state index in [2.05, 4.69) is 52.3 Å². The first kappa shape index (κ1) is 21.4. The first-order valence-corrected chi connectivity index (χ1v) is 10.2. The molecule has 0 saturated heterocycles. The molecule has 0 atom stereocenters. The van der Waals surface area contributed by atoms with Crippen molar-refractivity contribution in [2.75, 3.05) is 0 Å². The Bertz CT molecular complexity index is 967. The van der Waals surface area contributed by atoms with Gasteiger partial charge < -0.3 is 5.11 Å². The van der Waals surface area contributed by atoms with Gasteiger partial charge in [0.1, 0.15) is 17.0 Å². The van der Waals surface area contributed by atoms with Crippen LogP contribution >= 0.6 is 0 Å². The highest BCUT2D eigenvalue weighted by atomic mass is 16.3. The topological polar surface area (TPSA) is 41.9 Å². The van der Waals surface area contributed by atoms with Crippen molar-refractivity contribution < 1.29 is 9.67 Å². The van der Waals surface area contributed by atoms with Crippen LogP contribution in [-0.2, 0) is 7.05 Å². The SMILES string of the molecule is CC.CCC.C[n+]1c(-c2ccccc2O)n(C2=CCCC=C2)c2ncccc21. The molecule has 0 unspecified atom stereocenters. The molecule has 1 N–H and O–H groups in total. The summed E-state index contributed by atoms with van der Waals surface area (Å²) in [4.78, 5) is 4.58. The fourth-order valence-electron chi connectivity index (χ4n) is 3.16. The average Bonchev–Trinajstić information content (AvgIpc) is 3.04. The highest BCUT2D eigenvalue weighted by Crippen LogP contribution is 2.32. The smallest absolute Gasteiger partial charge is 0.299 e. The van der Waals surface area contributed by atoms with E-state index in [1.807, 2.05) is 45.2 Å². The molecule has 2 heterocycles. The van der Waals surface area contributed by atoms with Gasteiger partial charge in [0.05, 0.1) is 7.05 Å². The molecule has 148 valence electrons. The number of aromatic hydroxyl groups is 1. The second-order valence-electron chi connectivity index (χ2n) is 6.40. The maximum Gasteiger partial charge on any atom is 0.299 e. The third-order valence-corrected chi connectivity index (χ3v) is 4.25. The summed E-state index contributed by atoms with van der Waals surface area (Å²) in [5.41, 5.74) is 3.82. The van der Waals surface area contributed by atoms with Gasteiger partial charge in [-0.3, -0.25) is 0 Å². The highest BCUT2D eigenvalue weighted by molar-refractivity contribution is 5.81. The number of allylic oxidation sites excluding steroid dienone is 4. The zero-order valence-corrected chi connectivity index (χ0v) is 17.7. The Balaban J connectivity index is 0.000000514. The average molecular weight is 379 g/mol. The largest absolute Gasteiger partial charge is 0.507 e. The molecule has 0 radical (unpaired) electrons. The predicted octanol–water partition coefficient (Wildman–Crippen LogP) is 5.87. The summed E-state index contributed by atoms with van der Waals surface area (Å²) in [7, 11) is 2.01. The van der Waals surface area contributed by atoms with Crippen LogP contribution in [0.3, 0.4) is 0 Å². The minimum atomic E-state index is 0.271. The molecule has 1 aliphatic rings. The van der Waals surface area contributed by atoms with Crippen LogP contribution in [-0.4, -0.2) is 14.7 Å². The summed E-state index contributed by atoms with van der Waals surface area (Å²) < 4.78 is 4.21. The van der Waals surface area contributed by atoms with Crippen molar-refractivity contribution in [3.8, 4) is 17.1 Å². The van der Waals surface area contributed by atoms with Crippen molar-refractivity contribution in [3.05, 3.63) is 60.8 Å². The van der Waals surface area contributed by atoms with Gasteiger partial charge in [0, 0.05) is 6.20 Å². The third kappa shape index (κ3) is 4.33. The Labute approximate surface area is 168 Å². The normalized spacial score (nSPS) is 12.5. The molecule has 0 saturated carbocycles. The summed E-state index contributed by atoms with van der Waals surface area (Å²) >= 11 is 0. The van der Waals surface area contributed by atoms with Crippen LogP contribution in [0.4, 0.5) is 0 Å². The van der Waals surface area contributed by atoms with Gasteiger partial charge >= 0.3 is 0 Å². The van der Waals surface area contributed by atoms with Gasteiger partial charge in [0.15, 0.2) is 5.52 Å². The number of imidazole rings is 1. The lowest BCUT2D eigenvalue weighted by atomic mass is 10.1. The van der Waals surface area contributed by atoms with Crippen LogP contribution in [0.5, 0.6) is 5.75 Å². The summed E-state index contributed by atoms with van der Waals surface area (Å²) in [6, 6.07) is 11.4. The van der Waals surface area contributed by atoms with E-state index in [1.54, 1.807) is 12.3 Å². The summed E-state index contributed by atoms with van der Waals surface area (Å²) in [6.45, 7) is 8.25. The molecule has 4 rings (SSSR count). The molecule has 0 aliphatic heterocycles. The minimum Gasteiger partial charge on any atom is -0.507 e. The van der Waals surface area contributed by atoms with Crippen LogP contribution in [0, 0.1) is 0 Å². The van der Waals surface area contributed by atoms with Crippen molar-refractivity contribution >= 4 is 16.9 Å². The second-order valence-corrected chi connectivity index (χ2v) is 6.40. The number of aryl methyl sites for hydroxylation is 1. The Hall–Kier alpha value is -2.88. The lowest BCUT2D eigenvalue weighted by Gasteiger charge is -2.07. The summed E-state index contributed by atoms with van der Waals surface area (Å²) in [5, 5.41) is 10.4. The Kier molecular flexibility index (Phi) is 8.00. The van der Waals surface area contributed by atoms with Crippen LogP contribution in [0.25, 0.3) is 28.2 Å². The van der Waals surface area contributed by atoms with Crippen molar-refractivity contribution in [1.82, 2.24) is 9.55 Å². The first-order valence-electron chi connectivity index (χ1n) is 10.2. The molecular weight excluding hydrogens is 346 g/mol. The lowest BCUT2D eigenvalue weighted by Crippen LogP contribution is -2.30. The molecule has 1 aromatic carbocycles. The predicted molar refractivity (Wildman–Crippen MR) is 118 cm³/mol. The zero-order chi connectivity index (χ0) is 20.5. The molecule has 1 aliphatic carbocycles. The second kappa shape index (κ2) is 10.5. The molecule has 2 aromatic heterocycles. The number of benzene rings is 1. The Morgan fingerprint density at radius 1 is 1.07 bits per heavy atom. The summed E-state index contributed by atoms with van der Waals surface area (Å²) in [5.74, 6) is 1.20. The number of rotatable bonds is 2. The van der Waals surface area contributed by atoms with Gasteiger partial charge in [0.25, 0.3) is 11.5 Å². The molecule has 0 fully saturated rings. The zero-order valence-electron chi connectivity index (χ0n) is 17.7. The number of aromatic nitrogens is 3. The number of pyridine rings is 1. The van der Waals surface area contributed by atoms with Crippen molar-refractivity contribution in [2.24, 2.45) is 7.05 Å². The van der Waals surface area contributed by atoms with E-state index in [4.69, 9.17) is 0 Å². The fraction of sp³-hybridized carbons (Fsp3) is 0.333. The van der Waals surface area contributed by atoms with Gasteiger partial charge in [-0.15, -0.1) is 0 Å². The minimum absolute atomic E-state index is 0.271. The molecular formula is C24H32N3O+. The van der Waals surface area contributed by atoms with Crippen molar-refractivity contribution in [3.63, 3.8) is 0 Å². The molecule has 4 nitrogen and oxygen atoms in total. The molecule has 0 amide bonds. The molecule has 0 bridgehead atoms. The van der Waals surface area contributed by atoms with Crippen molar-refractivity contribution in [1.29, 1.82) is 0 Å². The van der Waals surface area contributed by atoms with Gasteiger partial charge in [0.2, 0.25) is 0 Å². The lowest BCUT2D eigenvalue weighted by molar-refractivity contribution is -0.633. The van der Waals surface area contributed by atoms with Crippen molar-refractivity contribution in [2.45, 2.75) is 47.0 Å². The van der Waals surface area contributed by atoms with E-state index >= 15 is 0 Å². The molecule has 28 heavy (non-hydrogen) atoms. The third-order valence-electron chi connectivity index (χ3n) is 4.25. The molecule has 4 heteroatoms. The number of para-hydroxylation sites is 1. The van der Waals surface area contributed by atoms with Crippen LogP contribution in [0.1, 0.15) is 47.0 Å². The standard InChI is InChI=1S/C19H17N3O.C3H8.C2H6/c1-21-16-11-7-13-20-18(16)22(14-8-3-2-4-9-14)19(21)15-10-5-6-12-17(15)23;1-3-2;1-2/h3,5-13H,2,4H2,1H3;3H2,1-2H3;1-2H3/p+1. The van der Waals surface area contributed by atoms with Crippen LogP contribution in [0.2, 0.25) is 0 Å². The quantitative estimate of drug-likeness (QED) is 0.567. The fourth-order valence-corrected chi connectivity index (χ4v) is 3.16. The van der Waals surface area contributed by atoms with E-state index in [0.717, 1.165) is 41.1 Å². The number of hydrogen-bond acceptors (Lipinski definition) is 2. The maximum absolute atomic E-state index is 10.4. The van der Waals surface area contributed by atoms with Gasteiger partial charge in [-0.1, -0.05) is 52.3 Å². The summed E-state index contributed by atoms with van der Waals surface area (Å²) in [6.07, 6.45) is 11.7. The van der Waals surface area contributed by atoms with Crippen LogP contribution in [0.15, 0.2) is 60.8 Å². The van der Waals surface area contributed by atoms with Crippen LogP contribution < -0.4 is 4.57 Å². The van der Waals surface area contributed by atoms with Gasteiger partial charge in [-0.05, 0) is 49.3 Å². The number of fused-ring (bicyclic) bond motifs is 1. The number of phenolic OH excluding ortho intramolecular Hbond substituents is 1. The van der Waals surface area contributed by atoms with E-state index in [9.17, 15) is 5.11 Å². The van der Waals surface area contributed by atoms with E-state index < -0.39 is 0 Å². The Morgan fingerprint density at radius 3 is 2.43 bits per heavy atom. The monoisotopic (exact) mass is 378 g/mol. The maximum atomic E-state index is 10.4. The van der Waals surface area contributed by atoms with Gasteiger partial charge in [-0.2, -0.15) is 4.57 Å². The Morgan fingerprint density at radius 2 is 1.79 bits per heavy atom. The number of phenols is 1. The number of nitrogens with zero attached hydrogens (tertiary/aromatic N) is 3. The number of hydrogen-bond donors (Lipinski definition) is 1. The van der Waals surface area contributed by atoms with E-state index in [0.29, 0.717) is 0 Å². The molecule has 3 aromatic rings. The molecule has 0 spiro atoms. The van der Waals surface area contributed by atoms with E-state index in [1.165, 1.54) is 6.42 Å². The first-order chi connectivity index (χ1) is 13.7.